The molecule has 18 unspecified atom stereocenters. The molecule has 0 rings (SSSR count). The van der Waals surface area contributed by atoms with Crippen LogP contribution in [0.15, 0.2) is 0 Å². The van der Waals surface area contributed by atoms with E-state index in [2.05, 4.69) is 27.7 Å². The molecule has 33 nitrogen and oxygen atoms in total. The number of ether oxygens (including phenoxy) is 21. The summed E-state index contributed by atoms with van der Waals surface area (Å²) < 4.78 is 130. The lowest BCUT2D eigenvalue weighted by atomic mass is 9.94. The van der Waals surface area contributed by atoms with Crippen molar-refractivity contribution in [2.45, 2.75) is 384 Å². The highest BCUT2D eigenvalue weighted by molar-refractivity contribution is 4.77. The number of hydrogen-bond acceptors (Lipinski definition) is 33. The van der Waals surface area contributed by atoms with Gasteiger partial charge >= 0.3 is 0 Å². The zero-order valence-electron chi connectivity index (χ0n) is 83.5. The van der Waals surface area contributed by atoms with Gasteiger partial charge in [0.25, 0.3) is 0 Å². The first-order valence-corrected chi connectivity index (χ1v) is 50.9. The van der Waals surface area contributed by atoms with Crippen molar-refractivity contribution in [3.8, 4) is 0 Å². The predicted molar refractivity (Wildman–Crippen MR) is 504 cm³/mol. The van der Waals surface area contributed by atoms with Gasteiger partial charge in [-0.2, -0.15) is 0 Å². The van der Waals surface area contributed by atoms with Gasteiger partial charge in [0, 0.05) is 45.1 Å². The SMILES string of the molecule is CCCCCCCCCCOCCC(COCC(C)(COCC(CO)OCC(COCC(COCC(O)COCC(C)O)OCC(CO)OCCCCCCCCCC)OCC(CCOCC(C)O)OCCCCCCCCCC)COCC(COCC(O)CO)OCC(COCC(CO)OCCCCCCCCCC)OCC(O)COCC(O)COCC(C)O)OCC(C)O. The molecule has 0 radical (unpaired) electrons. The van der Waals surface area contributed by atoms with Crippen molar-refractivity contribution < 1.29 is 161 Å². The molecule has 0 saturated heterocycles. The van der Waals surface area contributed by atoms with Gasteiger partial charge in [-0.05, 0) is 66.2 Å². The highest BCUT2D eigenvalue weighted by Gasteiger charge is 2.31. The van der Waals surface area contributed by atoms with Gasteiger partial charge < -0.3 is 161 Å². The highest BCUT2D eigenvalue weighted by atomic mass is 16.6. The van der Waals surface area contributed by atoms with E-state index >= 15 is 0 Å². The van der Waals surface area contributed by atoms with Crippen LogP contribution in [0.2, 0.25) is 0 Å². The van der Waals surface area contributed by atoms with Crippen molar-refractivity contribution in [3.63, 3.8) is 0 Å². The van der Waals surface area contributed by atoms with Crippen LogP contribution in [-0.2, 0) is 99.5 Å². The van der Waals surface area contributed by atoms with E-state index in [0.29, 0.717) is 52.5 Å². The maximum atomic E-state index is 11.1. The normalized spacial score (nSPS) is 16.6. The molecule has 0 amide bonds. The van der Waals surface area contributed by atoms with Crippen LogP contribution in [0.25, 0.3) is 0 Å². The molecule has 788 valence electrons. The first-order valence-electron chi connectivity index (χ1n) is 50.9. The highest BCUT2D eigenvalue weighted by Crippen LogP contribution is 2.23. The topological polar surface area (TPSA) is 437 Å². The zero-order chi connectivity index (χ0) is 96.4. The van der Waals surface area contributed by atoms with Crippen LogP contribution in [0.3, 0.4) is 0 Å². The average Bonchev–Trinajstić information content (AvgIpc) is 0.883. The molecule has 12 N–H and O–H groups in total. The van der Waals surface area contributed by atoms with E-state index in [1.165, 1.54) is 135 Å². The lowest BCUT2D eigenvalue weighted by Gasteiger charge is -2.32. The Morgan fingerprint density at radius 2 is 0.412 bits per heavy atom. The second-order valence-electron chi connectivity index (χ2n) is 36.2. The molecule has 0 aliphatic rings. The van der Waals surface area contributed by atoms with Gasteiger partial charge in [0.05, 0.1) is 241 Å². The summed E-state index contributed by atoms with van der Waals surface area (Å²) in [6.07, 6.45) is 24.1. The fraction of sp³-hybridized carbons (Fsp3) is 1.00. The largest absolute Gasteiger partial charge is 0.394 e. The smallest absolute Gasteiger partial charge is 0.104 e. The van der Waals surface area contributed by atoms with Crippen molar-refractivity contribution in [2.24, 2.45) is 5.41 Å². The summed E-state index contributed by atoms with van der Waals surface area (Å²) in [5.74, 6) is 0. The minimum Gasteiger partial charge on any atom is -0.394 e. The molecule has 18 atom stereocenters. The van der Waals surface area contributed by atoms with E-state index in [-0.39, 0.29) is 192 Å². The van der Waals surface area contributed by atoms with E-state index < -0.39 is 122 Å². The molecule has 33 heteroatoms. The molecule has 0 aromatic heterocycles. The van der Waals surface area contributed by atoms with Gasteiger partial charge in [0.1, 0.15) is 67.1 Å². The summed E-state index contributed by atoms with van der Waals surface area (Å²) in [5, 5.41) is 124. The third kappa shape index (κ3) is 88.6. The third-order valence-corrected chi connectivity index (χ3v) is 21.4. The van der Waals surface area contributed by atoms with Gasteiger partial charge in [0.15, 0.2) is 0 Å². The number of aliphatic hydroxyl groups is 12. The second kappa shape index (κ2) is 96.2. The Morgan fingerprint density at radius 1 is 0.183 bits per heavy atom. The van der Waals surface area contributed by atoms with Gasteiger partial charge in [-0.25, -0.2) is 0 Å². The molecule has 0 saturated carbocycles. The van der Waals surface area contributed by atoms with Crippen LogP contribution in [0.4, 0.5) is 0 Å². The summed E-state index contributed by atoms with van der Waals surface area (Å²) in [6, 6.07) is 0. The van der Waals surface area contributed by atoms with Gasteiger partial charge in [-0.1, -0.05) is 214 Å². The van der Waals surface area contributed by atoms with Crippen LogP contribution in [-0.4, -0.2) is 410 Å². The van der Waals surface area contributed by atoms with E-state index in [1.54, 1.807) is 27.7 Å². The summed E-state index contributed by atoms with van der Waals surface area (Å²) in [6.45, 7) is 17.3. The molecule has 0 aromatic rings. The Hall–Kier alpha value is -1.32. The minimum absolute atomic E-state index is 0.0000190. The monoisotopic (exact) mass is 1900 g/mol. The second-order valence-corrected chi connectivity index (χ2v) is 36.2. The summed E-state index contributed by atoms with van der Waals surface area (Å²) in [5.41, 5.74) is -0.940. The lowest BCUT2D eigenvalue weighted by molar-refractivity contribution is -0.148. The van der Waals surface area contributed by atoms with Crippen molar-refractivity contribution in [3.05, 3.63) is 0 Å². The number of rotatable bonds is 109. The Morgan fingerprint density at radius 3 is 0.794 bits per heavy atom. The lowest BCUT2D eigenvalue weighted by Crippen LogP contribution is -2.40. The summed E-state index contributed by atoms with van der Waals surface area (Å²) in [4.78, 5) is 0. The van der Waals surface area contributed by atoms with Gasteiger partial charge in [0.2, 0.25) is 0 Å². The van der Waals surface area contributed by atoms with Crippen molar-refractivity contribution >= 4 is 0 Å². The molecular formula is C98H198O33. The number of unbranched alkanes of at least 4 members (excludes halogenated alkanes) is 28. The Kier molecular flexibility index (Phi) is 95.2. The fourth-order valence-corrected chi connectivity index (χ4v) is 13.6. The first-order chi connectivity index (χ1) is 63.6. The predicted octanol–water partition coefficient (Wildman–Crippen LogP) is 9.94. The number of hydrogen-bond donors (Lipinski definition) is 12. The molecule has 0 spiro atoms. The van der Waals surface area contributed by atoms with Crippen LogP contribution in [0, 0.1) is 5.41 Å². The maximum absolute atomic E-state index is 11.1. The minimum atomic E-state index is -1.19. The molecule has 0 aromatic carbocycles. The Balaban J connectivity index is 7.41. The summed E-state index contributed by atoms with van der Waals surface area (Å²) >= 11 is 0. The molecular weight excluding hydrogens is 1710 g/mol. The van der Waals surface area contributed by atoms with Crippen LogP contribution < -0.4 is 0 Å². The van der Waals surface area contributed by atoms with E-state index in [1.807, 2.05) is 6.92 Å². The number of aliphatic hydroxyl groups excluding tert-OH is 12. The fourth-order valence-electron chi connectivity index (χ4n) is 13.6. The third-order valence-electron chi connectivity index (χ3n) is 21.4. The van der Waals surface area contributed by atoms with Crippen LogP contribution in [0.1, 0.15) is 281 Å². The molecule has 0 aliphatic heterocycles. The van der Waals surface area contributed by atoms with E-state index in [9.17, 15) is 61.3 Å². The van der Waals surface area contributed by atoms with E-state index in [0.717, 1.165) is 70.6 Å². The zero-order valence-corrected chi connectivity index (χ0v) is 83.5. The average molecular weight is 1900 g/mol. The Labute approximate surface area is 791 Å². The van der Waals surface area contributed by atoms with Gasteiger partial charge in [-0.3, -0.25) is 0 Å². The molecule has 0 aliphatic carbocycles. The standard InChI is InChI=1S/C98H198O33/c1-10-14-18-22-26-30-34-38-44-111-48-42-89(126-57-84(8)106)65-120-78-98(9,80-122-73-95(69-116-58-85(107)50-99)131-77-96(127-64-88(110)63-115-61-86(108)59-113-55-82(6)104)71-118-66-91(51-100)124-46-40-36-32-28-24-20-16-12-3)79-121-67-92(52-101)128-76-97(129-74-90(43-49-112-54-81(5)103)123-45-39-35-31-27-23-19-15-11-2)72-119-70-94(68-117-62-87(109)60-114-56-83(7)105)130-75-93(53-102)125-47-41-37-33-29-25-21-17-13-4/h81-97,99-110H,10-80H2,1-9H3. The van der Waals surface area contributed by atoms with Crippen LogP contribution in [0.5, 0.6) is 0 Å². The first kappa shape index (κ1) is 130. The van der Waals surface area contributed by atoms with Crippen molar-refractivity contribution in [1.82, 2.24) is 0 Å². The quantitative estimate of drug-likeness (QED) is 0.0252. The maximum Gasteiger partial charge on any atom is 0.104 e. The summed E-state index contributed by atoms with van der Waals surface area (Å²) in [7, 11) is 0. The Bertz CT molecular complexity index is 2250. The van der Waals surface area contributed by atoms with Crippen LogP contribution >= 0.6 is 0 Å². The molecule has 0 heterocycles. The molecule has 0 fully saturated rings. The van der Waals surface area contributed by atoms with Crippen molar-refractivity contribution in [2.75, 3.05) is 244 Å². The van der Waals surface area contributed by atoms with Crippen molar-refractivity contribution in [1.29, 1.82) is 0 Å². The molecule has 0 bridgehead atoms. The van der Waals surface area contributed by atoms with E-state index in [4.69, 9.17) is 99.5 Å². The molecule has 131 heavy (non-hydrogen) atoms. The van der Waals surface area contributed by atoms with Gasteiger partial charge in [-0.15, -0.1) is 0 Å².